The van der Waals surface area contributed by atoms with Gasteiger partial charge in [-0.1, -0.05) is 0 Å². The summed E-state index contributed by atoms with van der Waals surface area (Å²) >= 11 is 0. The van der Waals surface area contributed by atoms with Crippen LogP contribution in [0.1, 0.15) is 6.42 Å². The van der Waals surface area contributed by atoms with Crippen LogP contribution in [0, 0.1) is 11.7 Å². The first-order chi connectivity index (χ1) is 9.94. The SMILES string of the molecule is COc1ccc(S(=O)(=O)NC2C(N)C3CCOC32)cc1F. The minimum absolute atomic E-state index is 0.00603. The minimum atomic E-state index is -3.84. The topological polar surface area (TPSA) is 90.7 Å². The van der Waals surface area contributed by atoms with Crippen molar-refractivity contribution in [1.82, 2.24) is 4.72 Å². The summed E-state index contributed by atoms with van der Waals surface area (Å²) < 4.78 is 51.0. The molecule has 1 aliphatic heterocycles. The van der Waals surface area contributed by atoms with Crippen LogP contribution >= 0.6 is 0 Å². The van der Waals surface area contributed by atoms with Crippen LogP contribution in [0.25, 0.3) is 0 Å². The second-order valence-electron chi connectivity index (χ2n) is 5.31. The Morgan fingerprint density at radius 1 is 1.48 bits per heavy atom. The molecule has 0 aromatic heterocycles. The predicted molar refractivity (Wildman–Crippen MR) is 72.9 cm³/mol. The van der Waals surface area contributed by atoms with Crippen molar-refractivity contribution in [3.8, 4) is 5.75 Å². The summed E-state index contributed by atoms with van der Waals surface area (Å²) in [5.41, 5.74) is 5.97. The van der Waals surface area contributed by atoms with Gasteiger partial charge >= 0.3 is 0 Å². The van der Waals surface area contributed by atoms with Crippen LogP contribution in [0.2, 0.25) is 0 Å². The molecular weight excluding hydrogens is 299 g/mol. The molecule has 1 saturated carbocycles. The van der Waals surface area contributed by atoms with E-state index in [1.807, 2.05) is 0 Å². The van der Waals surface area contributed by atoms with Crippen LogP contribution in [0.5, 0.6) is 5.75 Å². The highest BCUT2D eigenvalue weighted by molar-refractivity contribution is 7.89. The van der Waals surface area contributed by atoms with Crippen molar-refractivity contribution >= 4 is 10.0 Å². The van der Waals surface area contributed by atoms with E-state index in [1.54, 1.807) is 0 Å². The minimum Gasteiger partial charge on any atom is -0.494 e. The summed E-state index contributed by atoms with van der Waals surface area (Å²) in [5, 5.41) is 0. The number of rotatable bonds is 4. The maximum atomic E-state index is 13.6. The Labute approximate surface area is 122 Å². The van der Waals surface area contributed by atoms with Gasteiger partial charge in [-0.2, -0.15) is 0 Å². The van der Waals surface area contributed by atoms with Gasteiger partial charge in [0, 0.05) is 18.6 Å². The lowest BCUT2D eigenvalue weighted by atomic mass is 9.73. The molecule has 0 spiro atoms. The lowest BCUT2D eigenvalue weighted by Crippen LogP contribution is -2.68. The number of halogens is 1. The van der Waals surface area contributed by atoms with E-state index in [1.165, 1.54) is 19.2 Å². The van der Waals surface area contributed by atoms with E-state index in [-0.39, 0.29) is 28.7 Å². The normalized spacial score (nSPS) is 31.6. The van der Waals surface area contributed by atoms with Crippen LogP contribution in [-0.4, -0.2) is 40.3 Å². The quantitative estimate of drug-likeness (QED) is 0.830. The molecule has 1 saturated heterocycles. The third-order valence-corrected chi connectivity index (χ3v) is 5.63. The lowest BCUT2D eigenvalue weighted by Gasteiger charge is -2.45. The fourth-order valence-electron chi connectivity index (χ4n) is 2.96. The number of nitrogens with one attached hydrogen (secondary N) is 1. The molecule has 0 bridgehead atoms. The van der Waals surface area contributed by atoms with Gasteiger partial charge in [-0.05, 0) is 24.6 Å². The second kappa shape index (κ2) is 5.20. The van der Waals surface area contributed by atoms with Gasteiger partial charge in [-0.3, -0.25) is 0 Å². The van der Waals surface area contributed by atoms with Crippen molar-refractivity contribution in [3.05, 3.63) is 24.0 Å². The molecule has 2 fully saturated rings. The maximum Gasteiger partial charge on any atom is 0.241 e. The molecule has 1 aromatic rings. The molecule has 3 N–H and O–H groups in total. The first-order valence-electron chi connectivity index (χ1n) is 6.67. The number of benzene rings is 1. The molecule has 3 rings (SSSR count). The van der Waals surface area contributed by atoms with Crippen LogP contribution in [0.15, 0.2) is 23.1 Å². The molecule has 116 valence electrons. The van der Waals surface area contributed by atoms with Gasteiger partial charge in [0.1, 0.15) is 0 Å². The Balaban J connectivity index is 1.79. The summed E-state index contributed by atoms with van der Waals surface area (Å²) in [5.74, 6) is -0.535. The number of hydrogen-bond acceptors (Lipinski definition) is 5. The Morgan fingerprint density at radius 2 is 2.24 bits per heavy atom. The summed E-state index contributed by atoms with van der Waals surface area (Å²) in [4.78, 5) is -0.158. The van der Waals surface area contributed by atoms with E-state index < -0.39 is 21.9 Å². The predicted octanol–water partition coefficient (Wildman–Crippen LogP) is 0.227. The number of nitrogens with two attached hydrogens (primary N) is 1. The van der Waals surface area contributed by atoms with Crippen molar-refractivity contribution in [1.29, 1.82) is 0 Å². The number of ether oxygens (including phenoxy) is 2. The van der Waals surface area contributed by atoms with Crippen LogP contribution < -0.4 is 15.2 Å². The van der Waals surface area contributed by atoms with Gasteiger partial charge in [-0.25, -0.2) is 17.5 Å². The average molecular weight is 316 g/mol. The van der Waals surface area contributed by atoms with Gasteiger partial charge in [0.25, 0.3) is 0 Å². The van der Waals surface area contributed by atoms with Gasteiger partial charge in [0.05, 0.1) is 24.2 Å². The summed E-state index contributed by atoms with van der Waals surface area (Å²) in [7, 11) is -2.53. The highest BCUT2D eigenvalue weighted by Crippen LogP contribution is 2.38. The number of sulfonamides is 1. The summed E-state index contributed by atoms with van der Waals surface area (Å²) in [6, 6.07) is 2.77. The largest absolute Gasteiger partial charge is 0.494 e. The van der Waals surface area contributed by atoms with E-state index in [4.69, 9.17) is 15.2 Å². The zero-order chi connectivity index (χ0) is 15.2. The molecule has 6 nitrogen and oxygen atoms in total. The van der Waals surface area contributed by atoms with E-state index in [9.17, 15) is 12.8 Å². The third kappa shape index (κ3) is 2.42. The molecule has 0 amide bonds. The first-order valence-corrected chi connectivity index (χ1v) is 8.15. The lowest BCUT2D eigenvalue weighted by molar-refractivity contribution is -0.00924. The molecule has 4 atom stereocenters. The molecular formula is C13H17FN2O4S. The number of fused-ring (bicyclic) bond motifs is 1. The third-order valence-electron chi connectivity index (χ3n) is 4.17. The van der Waals surface area contributed by atoms with E-state index in [0.717, 1.165) is 12.5 Å². The van der Waals surface area contributed by atoms with Gasteiger partial charge in [0.15, 0.2) is 11.6 Å². The highest BCUT2D eigenvalue weighted by atomic mass is 32.2. The van der Waals surface area contributed by atoms with E-state index in [2.05, 4.69) is 4.72 Å². The van der Waals surface area contributed by atoms with Crippen molar-refractivity contribution in [2.45, 2.75) is 29.5 Å². The zero-order valence-corrected chi connectivity index (χ0v) is 12.3. The number of hydrogen-bond donors (Lipinski definition) is 2. The summed E-state index contributed by atoms with van der Waals surface area (Å²) in [6.45, 7) is 0.596. The Morgan fingerprint density at radius 3 is 2.90 bits per heavy atom. The molecule has 8 heteroatoms. The standard InChI is InChI=1S/C13H17FN2O4S/c1-19-10-3-2-7(6-9(10)14)21(17,18)16-12-11(15)8-4-5-20-13(8)12/h2-3,6,8,11-13,16H,4-5,15H2,1H3. The van der Waals surface area contributed by atoms with Gasteiger partial charge in [0.2, 0.25) is 10.0 Å². The Bertz CT molecular complexity index is 652. The zero-order valence-electron chi connectivity index (χ0n) is 11.5. The molecule has 1 aromatic carbocycles. The molecule has 21 heavy (non-hydrogen) atoms. The van der Waals surface area contributed by atoms with Crippen LogP contribution in [0.3, 0.4) is 0 Å². The van der Waals surface area contributed by atoms with Crippen LogP contribution in [0.4, 0.5) is 4.39 Å². The molecule has 0 radical (unpaired) electrons. The molecule has 1 aliphatic carbocycles. The van der Waals surface area contributed by atoms with Crippen molar-refractivity contribution in [3.63, 3.8) is 0 Å². The highest BCUT2D eigenvalue weighted by Gasteiger charge is 2.53. The van der Waals surface area contributed by atoms with Crippen molar-refractivity contribution < 1.29 is 22.3 Å². The molecule has 2 aliphatic rings. The van der Waals surface area contributed by atoms with Gasteiger partial charge < -0.3 is 15.2 Å². The Hall–Kier alpha value is -1.22. The maximum absolute atomic E-state index is 13.6. The van der Waals surface area contributed by atoms with E-state index in [0.29, 0.717) is 6.61 Å². The average Bonchev–Trinajstić information content (AvgIpc) is 2.89. The van der Waals surface area contributed by atoms with Crippen LogP contribution in [-0.2, 0) is 14.8 Å². The fraction of sp³-hybridized carbons (Fsp3) is 0.538. The monoisotopic (exact) mass is 316 g/mol. The second-order valence-corrected chi connectivity index (χ2v) is 7.02. The van der Waals surface area contributed by atoms with E-state index >= 15 is 0 Å². The van der Waals surface area contributed by atoms with Crippen molar-refractivity contribution in [2.24, 2.45) is 11.7 Å². The van der Waals surface area contributed by atoms with Gasteiger partial charge in [-0.15, -0.1) is 0 Å². The van der Waals surface area contributed by atoms with Crippen molar-refractivity contribution in [2.75, 3.05) is 13.7 Å². The number of methoxy groups -OCH3 is 1. The molecule has 1 heterocycles. The fourth-order valence-corrected chi connectivity index (χ4v) is 4.25. The Kier molecular flexibility index (Phi) is 3.64. The smallest absolute Gasteiger partial charge is 0.241 e. The first kappa shape index (κ1) is 14.7. The molecule has 4 unspecified atom stereocenters. The summed E-state index contributed by atoms with van der Waals surface area (Å²) in [6.07, 6.45) is 0.666.